The molecule has 0 bridgehead atoms. The van der Waals surface area contributed by atoms with Crippen molar-refractivity contribution in [3.05, 3.63) is 64.7 Å². The van der Waals surface area contributed by atoms with E-state index in [0.717, 1.165) is 24.4 Å². The Bertz CT molecular complexity index is 812. The second kappa shape index (κ2) is 6.81. The standard InChI is InChI=1S/C20H19ClN2O2/c21-17-6-7-19-15(13-17)12-16(14-25-19)20(24)23-10-8-22(9-11-23)18-4-2-1-3-5-18/h1-7,12-13H,8-11,14H2. The van der Waals surface area contributed by atoms with E-state index in [1.54, 1.807) is 6.07 Å². The molecule has 0 aliphatic carbocycles. The van der Waals surface area contributed by atoms with E-state index in [1.807, 2.05) is 41.3 Å². The van der Waals surface area contributed by atoms with E-state index in [9.17, 15) is 4.79 Å². The Labute approximate surface area is 152 Å². The molecule has 0 N–H and O–H groups in total. The first-order valence-corrected chi connectivity index (χ1v) is 8.81. The van der Waals surface area contributed by atoms with Crippen LogP contribution in [0.2, 0.25) is 5.02 Å². The third kappa shape index (κ3) is 3.35. The van der Waals surface area contributed by atoms with Crippen LogP contribution >= 0.6 is 11.6 Å². The van der Waals surface area contributed by atoms with Crippen molar-refractivity contribution in [2.24, 2.45) is 0 Å². The molecular weight excluding hydrogens is 336 g/mol. The molecule has 0 unspecified atom stereocenters. The number of anilines is 1. The lowest BCUT2D eigenvalue weighted by Gasteiger charge is -2.36. The average Bonchev–Trinajstić information content (AvgIpc) is 2.67. The van der Waals surface area contributed by atoms with E-state index >= 15 is 0 Å². The van der Waals surface area contributed by atoms with Gasteiger partial charge in [-0.1, -0.05) is 29.8 Å². The van der Waals surface area contributed by atoms with Gasteiger partial charge in [0, 0.05) is 42.5 Å². The molecule has 1 amide bonds. The first kappa shape index (κ1) is 16.0. The van der Waals surface area contributed by atoms with E-state index in [2.05, 4.69) is 17.0 Å². The fourth-order valence-corrected chi connectivity index (χ4v) is 3.46. The number of benzene rings is 2. The fourth-order valence-electron chi connectivity index (χ4n) is 3.28. The number of fused-ring (bicyclic) bond motifs is 1. The molecule has 25 heavy (non-hydrogen) atoms. The highest BCUT2D eigenvalue weighted by atomic mass is 35.5. The molecule has 2 aromatic carbocycles. The lowest BCUT2D eigenvalue weighted by Crippen LogP contribution is -2.49. The zero-order valence-corrected chi connectivity index (χ0v) is 14.6. The second-order valence-corrected chi connectivity index (χ2v) is 6.69. The SMILES string of the molecule is O=C(C1=Cc2cc(Cl)ccc2OC1)N1CCN(c2ccccc2)CC1. The maximum Gasteiger partial charge on any atom is 0.253 e. The van der Waals surface area contributed by atoms with Crippen molar-refractivity contribution in [2.75, 3.05) is 37.7 Å². The summed E-state index contributed by atoms with van der Waals surface area (Å²) in [6, 6.07) is 15.8. The first-order chi connectivity index (χ1) is 12.2. The molecule has 2 aliphatic heterocycles. The van der Waals surface area contributed by atoms with Crippen LogP contribution in [-0.2, 0) is 4.79 Å². The van der Waals surface area contributed by atoms with Crippen molar-refractivity contribution in [1.82, 2.24) is 4.90 Å². The second-order valence-electron chi connectivity index (χ2n) is 6.26. The van der Waals surface area contributed by atoms with Crippen LogP contribution in [-0.4, -0.2) is 43.6 Å². The molecule has 0 saturated carbocycles. The van der Waals surface area contributed by atoms with Crippen molar-refractivity contribution in [1.29, 1.82) is 0 Å². The van der Waals surface area contributed by atoms with Gasteiger partial charge in [0.05, 0.1) is 5.57 Å². The summed E-state index contributed by atoms with van der Waals surface area (Å²) >= 11 is 6.04. The van der Waals surface area contributed by atoms with Gasteiger partial charge in [-0.25, -0.2) is 0 Å². The molecule has 128 valence electrons. The van der Waals surface area contributed by atoms with Crippen molar-refractivity contribution < 1.29 is 9.53 Å². The van der Waals surface area contributed by atoms with Crippen molar-refractivity contribution in [3.8, 4) is 5.75 Å². The van der Waals surface area contributed by atoms with E-state index in [0.29, 0.717) is 30.3 Å². The van der Waals surface area contributed by atoms with Crippen LogP contribution in [0.3, 0.4) is 0 Å². The summed E-state index contributed by atoms with van der Waals surface area (Å²) in [6.45, 7) is 3.42. The Balaban J connectivity index is 1.44. The monoisotopic (exact) mass is 354 g/mol. The van der Waals surface area contributed by atoms with Crippen LogP contribution in [0.15, 0.2) is 54.1 Å². The van der Waals surface area contributed by atoms with Crippen molar-refractivity contribution >= 4 is 29.3 Å². The molecule has 2 heterocycles. The van der Waals surface area contributed by atoms with Gasteiger partial charge in [0.2, 0.25) is 0 Å². The lowest BCUT2D eigenvalue weighted by molar-refractivity contribution is -0.127. The van der Waals surface area contributed by atoms with Gasteiger partial charge in [0.1, 0.15) is 12.4 Å². The van der Waals surface area contributed by atoms with Crippen LogP contribution in [0.1, 0.15) is 5.56 Å². The maximum atomic E-state index is 12.8. The Morgan fingerprint density at radius 3 is 2.52 bits per heavy atom. The number of carbonyl (C=O) groups excluding carboxylic acids is 1. The van der Waals surface area contributed by atoms with E-state index in [4.69, 9.17) is 16.3 Å². The van der Waals surface area contributed by atoms with Gasteiger partial charge in [0.25, 0.3) is 5.91 Å². The van der Waals surface area contributed by atoms with Crippen molar-refractivity contribution in [3.63, 3.8) is 0 Å². The number of ether oxygens (including phenoxy) is 1. The van der Waals surface area contributed by atoms with Gasteiger partial charge >= 0.3 is 0 Å². The van der Waals surface area contributed by atoms with E-state index in [1.165, 1.54) is 5.69 Å². The van der Waals surface area contributed by atoms with Gasteiger partial charge in [-0.3, -0.25) is 4.79 Å². The molecule has 1 saturated heterocycles. The van der Waals surface area contributed by atoms with Gasteiger partial charge in [0.15, 0.2) is 0 Å². The van der Waals surface area contributed by atoms with Gasteiger partial charge in [-0.15, -0.1) is 0 Å². The Hall–Kier alpha value is -2.46. The molecule has 4 nitrogen and oxygen atoms in total. The summed E-state index contributed by atoms with van der Waals surface area (Å²) in [5, 5.41) is 0.642. The molecular formula is C20H19ClN2O2. The average molecular weight is 355 g/mol. The van der Waals surface area contributed by atoms with Gasteiger partial charge in [-0.05, 0) is 36.4 Å². The molecule has 0 aromatic heterocycles. The minimum atomic E-state index is 0.0540. The van der Waals surface area contributed by atoms with Gasteiger partial charge in [-0.2, -0.15) is 0 Å². The number of hydrogen-bond acceptors (Lipinski definition) is 3. The Morgan fingerprint density at radius 2 is 1.76 bits per heavy atom. The lowest BCUT2D eigenvalue weighted by atomic mass is 10.1. The highest BCUT2D eigenvalue weighted by Gasteiger charge is 2.26. The van der Waals surface area contributed by atoms with Crippen LogP contribution < -0.4 is 9.64 Å². The van der Waals surface area contributed by atoms with Crippen LogP contribution in [0.5, 0.6) is 5.75 Å². The third-order valence-corrected chi connectivity index (χ3v) is 4.88. The number of nitrogens with zero attached hydrogens (tertiary/aromatic N) is 2. The minimum absolute atomic E-state index is 0.0540. The number of para-hydroxylation sites is 1. The molecule has 0 atom stereocenters. The Kier molecular flexibility index (Phi) is 4.36. The number of halogens is 1. The van der Waals surface area contributed by atoms with E-state index < -0.39 is 0 Å². The summed E-state index contributed by atoms with van der Waals surface area (Å²) < 4.78 is 5.71. The zero-order valence-electron chi connectivity index (χ0n) is 13.8. The fraction of sp³-hybridized carbons (Fsp3) is 0.250. The highest BCUT2D eigenvalue weighted by Crippen LogP contribution is 2.29. The van der Waals surface area contributed by atoms with Crippen LogP contribution in [0.25, 0.3) is 6.08 Å². The number of rotatable bonds is 2. The minimum Gasteiger partial charge on any atom is -0.488 e. The van der Waals surface area contributed by atoms with Crippen LogP contribution in [0, 0.1) is 0 Å². The number of hydrogen-bond donors (Lipinski definition) is 0. The van der Waals surface area contributed by atoms with Gasteiger partial charge < -0.3 is 14.5 Å². The largest absolute Gasteiger partial charge is 0.488 e. The normalized spacial score (nSPS) is 16.8. The molecule has 2 aromatic rings. The number of amides is 1. The molecule has 0 spiro atoms. The predicted molar refractivity (Wildman–Crippen MR) is 100 cm³/mol. The highest BCUT2D eigenvalue weighted by molar-refractivity contribution is 6.30. The summed E-state index contributed by atoms with van der Waals surface area (Å²) in [5.41, 5.74) is 2.76. The summed E-state index contributed by atoms with van der Waals surface area (Å²) in [7, 11) is 0. The predicted octanol–water partition coefficient (Wildman–Crippen LogP) is 3.46. The summed E-state index contributed by atoms with van der Waals surface area (Å²) in [6.07, 6.45) is 1.90. The topological polar surface area (TPSA) is 32.8 Å². The molecule has 2 aliphatic rings. The Morgan fingerprint density at radius 1 is 1.00 bits per heavy atom. The quantitative estimate of drug-likeness (QED) is 0.828. The van der Waals surface area contributed by atoms with E-state index in [-0.39, 0.29) is 5.91 Å². The molecule has 0 radical (unpaired) electrons. The molecule has 5 heteroatoms. The zero-order chi connectivity index (χ0) is 17.2. The first-order valence-electron chi connectivity index (χ1n) is 8.43. The third-order valence-electron chi connectivity index (χ3n) is 4.65. The maximum absolute atomic E-state index is 12.8. The molecule has 1 fully saturated rings. The number of carbonyl (C=O) groups is 1. The summed E-state index contributed by atoms with van der Waals surface area (Å²) in [5.74, 6) is 0.827. The van der Waals surface area contributed by atoms with Crippen molar-refractivity contribution in [2.45, 2.75) is 0 Å². The molecule has 4 rings (SSSR count). The summed E-state index contributed by atoms with van der Waals surface area (Å²) in [4.78, 5) is 17.0. The van der Waals surface area contributed by atoms with Crippen LogP contribution in [0.4, 0.5) is 5.69 Å². The number of piperazine rings is 1. The smallest absolute Gasteiger partial charge is 0.253 e.